The quantitative estimate of drug-likeness (QED) is 0.588. The van der Waals surface area contributed by atoms with E-state index in [0.717, 1.165) is 52.1 Å². The summed E-state index contributed by atoms with van der Waals surface area (Å²) in [5.74, 6) is 0.439. The van der Waals surface area contributed by atoms with Gasteiger partial charge in [-0.15, -0.1) is 0 Å². The maximum Gasteiger partial charge on any atom is 0.222 e. The number of rotatable bonds is 8. The topological polar surface area (TPSA) is 64.2 Å². The first-order chi connectivity index (χ1) is 13.4. The maximum absolute atomic E-state index is 12.1. The van der Waals surface area contributed by atoms with Gasteiger partial charge in [-0.1, -0.05) is 6.92 Å². The normalized spacial score (nSPS) is 21.5. The number of hydrogen-bond acceptors (Lipinski definition) is 5. The Kier molecular flexibility index (Phi) is 8.15. The van der Waals surface area contributed by atoms with Crippen LogP contribution in [0, 0.1) is 0 Å². The van der Waals surface area contributed by atoms with Crippen LogP contribution in [-0.2, 0) is 14.8 Å². The number of amides is 1. The van der Waals surface area contributed by atoms with Crippen molar-refractivity contribution in [3.63, 3.8) is 0 Å². The highest BCUT2D eigenvalue weighted by Crippen LogP contribution is 2.30. The number of carbonyl (C=O) groups is 1. The summed E-state index contributed by atoms with van der Waals surface area (Å²) < 4.78 is 25.8. The van der Waals surface area contributed by atoms with E-state index in [9.17, 15) is 13.2 Å². The molecule has 7 nitrogen and oxygen atoms in total. The Morgan fingerprint density at radius 2 is 1.17 bits per heavy atom. The van der Waals surface area contributed by atoms with E-state index in [1.54, 1.807) is 11.2 Å². The zero-order valence-electron chi connectivity index (χ0n) is 19.4. The first-order valence-corrected chi connectivity index (χ1v) is 12.8. The van der Waals surface area contributed by atoms with E-state index >= 15 is 0 Å². The van der Waals surface area contributed by atoms with Gasteiger partial charge in [-0.2, -0.15) is 4.31 Å². The standard InChI is InChI=1S/C21H42N4O3S/c1-7-19(26)22-11-13-23(14-12-22)20(3,4)9-10-21(5,6)24-15-17-25(18-16-24)29(27,28)8-2/h7-18H2,1-6H3. The fraction of sp³-hybridized carbons (Fsp3) is 0.952. The van der Waals surface area contributed by atoms with Gasteiger partial charge in [-0.05, 0) is 47.5 Å². The first kappa shape index (κ1) is 24.6. The fourth-order valence-corrected chi connectivity index (χ4v) is 5.55. The van der Waals surface area contributed by atoms with Crippen LogP contribution in [0.4, 0.5) is 0 Å². The van der Waals surface area contributed by atoms with Crippen LogP contribution in [0.25, 0.3) is 0 Å². The molecule has 0 saturated carbocycles. The molecule has 0 unspecified atom stereocenters. The molecule has 2 fully saturated rings. The number of piperazine rings is 2. The van der Waals surface area contributed by atoms with Gasteiger partial charge in [-0.3, -0.25) is 14.6 Å². The Balaban J connectivity index is 1.85. The average molecular weight is 431 g/mol. The Morgan fingerprint density at radius 3 is 1.55 bits per heavy atom. The zero-order valence-corrected chi connectivity index (χ0v) is 20.2. The van der Waals surface area contributed by atoms with Gasteiger partial charge in [0.2, 0.25) is 15.9 Å². The van der Waals surface area contributed by atoms with Crippen LogP contribution in [0.3, 0.4) is 0 Å². The zero-order chi connectivity index (χ0) is 21.9. The fourth-order valence-electron chi connectivity index (χ4n) is 4.47. The van der Waals surface area contributed by atoms with Crippen LogP contribution in [0.15, 0.2) is 0 Å². The molecule has 0 spiro atoms. The van der Waals surface area contributed by atoms with Crippen molar-refractivity contribution in [1.29, 1.82) is 0 Å². The summed E-state index contributed by atoms with van der Waals surface area (Å²) in [4.78, 5) is 18.9. The summed E-state index contributed by atoms with van der Waals surface area (Å²) in [7, 11) is -3.08. The van der Waals surface area contributed by atoms with E-state index in [2.05, 4.69) is 37.5 Å². The molecule has 29 heavy (non-hydrogen) atoms. The second kappa shape index (κ2) is 9.62. The third-order valence-electron chi connectivity index (χ3n) is 6.99. The molecule has 8 heteroatoms. The molecule has 2 rings (SSSR count). The Morgan fingerprint density at radius 1 is 0.759 bits per heavy atom. The third kappa shape index (κ3) is 6.15. The van der Waals surface area contributed by atoms with Crippen LogP contribution < -0.4 is 0 Å². The van der Waals surface area contributed by atoms with Crippen molar-refractivity contribution in [2.45, 2.75) is 71.9 Å². The van der Waals surface area contributed by atoms with E-state index in [0.29, 0.717) is 19.5 Å². The van der Waals surface area contributed by atoms with Gasteiger partial charge in [0.25, 0.3) is 0 Å². The molecule has 2 saturated heterocycles. The molecule has 170 valence electrons. The van der Waals surface area contributed by atoms with E-state index in [1.165, 1.54) is 0 Å². The molecule has 0 N–H and O–H groups in total. The van der Waals surface area contributed by atoms with Gasteiger partial charge in [-0.25, -0.2) is 8.42 Å². The van der Waals surface area contributed by atoms with Crippen molar-refractivity contribution in [2.75, 3.05) is 58.1 Å². The summed E-state index contributed by atoms with van der Waals surface area (Å²) in [6, 6.07) is 0. The number of hydrogen-bond donors (Lipinski definition) is 0. The molecule has 0 aromatic rings. The van der Waals surface area contributed by atoms with Crippen LogP contribution in [0.5, 0.6) is 0 Å². The van der Waals surface area contributed by atoms with Crippen molar-refractivity contribution in [3.8, 4) is 0 Å². The van der Waals surface area contributed by atoms with Crippen LogP contribution in [0.2, 0.25) is 0 Å². The maximum atomic E-state index is 12.1. The lowest BCUT2D eigenvalue weighted by Crippen LogP contribution is -2.58. The number of nitrogens with zero attached hydrogens (tertiary/aromatic N) is 4. The lowest BCUT2D eigenvalue weighted by Gasteiger charge is -2.48. The van der Waals surface area contributed by atoms with E-state index in [1.807, 2.05) is 11.8 Å². The van der Waals surface area contributed by atoms with Crippen molar-refractivity contribution < 1.29 is 13.2 Å². The molecule has 2 aliphatic rings. The van der Waals surface area contributed by atoms with Crippen LogP contribution >= 0.6 is 0 Å². The molecule has 0 radical (unpaired) electrons. The minimum Gasteiger partial charge on any atom is -0.340 e. The minimum absolute atomic E-state index is 0.0410. The SMILES string of the molecule is CCC(=O)N1CCN(C(C)(C)CCC(C)(C)N2CCN(S(=O)(=O)CC)CC2)CC1. The smallest absolute Gasteiger partial charge is 0.222 e. The highest BCUT2D eigenvalue weighted by Gasteiger charge is 2.36. The lowest BCUT2D eigenvalue weighted by molar-refractivity contribution is -0.133. The van der Waals surface area contributed by atoms with Crippen molar-refractivity contribution >= 4 is 15.9 Å². The number of carbonyl (C=O) groups excluding carboxylic acids is 1. The second-order valence-electron chi connectivity index (χ2n) is 9.63. The van der Waals surface area contributed by atoms with Crippen molar-refractivity contribution in [3.05, 3.63) is 0 Å². The van der Waals surface area contributed by atoms with Crippen LogP contribution in [0.1, 0.15) is 60.8 Å². The monoisotopic (exact) mass is 430 g/mol. The highest BCUT2D eigenvalue weighted by atomic mass is 32.2. The molecular weight excluding hydrogens is 388 g/mol. The van der Waals surface area contributed by atoms with E-state index in [-0.39, 0.29) is 22.7 Å². The van der Waals surface area contributed by atoms with Gasteiger partial charge in [0.15, 0.2) is 0 Å². The van der Waals surface area contributed by atoms with E-state index < -0.39 is 10.0 Å². The molecule has 0 bridgehead atoms. The molecule has 0 aromatic carbocycles. The summed E-state index contributed by atoms with van der Waals surface area (Å²) in [5, 5.41) is 0. The Bertz CT molecular complexity index is 647. The lowest BCUT2D eigenvalue weighted by atomic mass is 9.86. The predicted molar refractivity (Wildman–Crippen MR) is 118 cm³/mol. The third-order valence-corrected chi connectivity index (χ3v) is 8.87. The summed E-state index contributed by atoms with van der Waals surface area (Å²) >= 11 is 0. The molecule has 0 aliphatic carbocycles. The van der Waals surface area contributed by atoms with Gasteiger partial charge < -0.3 is 4.90 Å². The molecule has 2 aliphatic heterocycles. The highest BCUT2D eigenvalue weighted by molar-refractivity contribution is 7.89. The Hall–Kier alpha value is -0.700. The minimum atomic E-state index is -3.08. The number of sulfonamides is 1. The van der Waals surface area contributed by atoms with Crippen molar-refractivity contribution in [1.82, 2.24) is 19.0 Å². The molecule has 2 heterocycles. The van der Waals surface area contributed by atoms with Gasteiger partial charge >= 0.3 is 0 Å². The molecule has 0 atom stereocenters. The largest absolute Gasteiger partial charge is 0.340 e. The summed E-state index contributed by atoms with van der Waals surface area (Å²) in [5.41, 5.74) is 0.130. The van der Waals surface area contributed by atoms with Gasteiger partial charge in [0, 0.05) is 69.9 Å². The Labute approximate surface area is 178 Å². The van der Waals surface area contributed by atoms with Gasteiger partial charge in [0.05, 0.1) is 5.75 Å². The van der Waals surface area contributed by atoms with Crippen molar-refractivity contribution in [2.24, 2.45) is 0 Å². The van der Waals surface area contributed by atoms with E-state index in [4.69, 9.17) is 0 Å². The first-order valence-electron chi connectivity index (χ1n) is 11.2. The second-order valence-corrected chi connectivity index (χ2v) is 11.9. The molecular formula is C21H42N4O3S. The van der Waals surface area contributed by atoms with Crippen LogP contribution in [-0.4, -0.2) is 103 Å². The average Bonchev–Trinajstić information content (AvgIpc) is 2.72. The summed E-state index contributed by atoms with van der Waals surface area (Å²) in [6.07, 6.45) is 2.73. The summed E-state index contributed by atoms with van der Waals surface area (Å²) in [6.45, 7) is 19.1. The molecule has 0 aromatic heterocycles. The predicted octanol–water partition coefficient (Wildman–Crippen LogP) is 1.85. The van der Waals surface area contributed by atoms with Gasteiger partial charge in [0.1, 0.15) is 0 Å². The molecule has 1 amide bonds.